The summed E-state index contributed by atoms with van der Waals surface area (Å²) < 4.78 is 0. The second-order valence-corrected chi connectivity index (χ2v) is 3.85. The molecule has 1 aromatic heterocycles. The Morgan fingerprint density at radius 1 is 1.31 bits per heavy atom. The van der Waals surface area contributed by atoms with Gasteiger partial charge in [-0.05, 0) is 50.9 Å². The van der Waals surface area contributed by atoms with Crippen molar-refractivity contribution in [2.75, 3.05) is 7.05 Å². The SMILES string of the molecule is CC#CCCC(CCc1ccncc1)NC. The lowest BCUT2D eigenvalue weighted by atomic mass is 10.0. The average molecular weight is 216 g/mol. The Balaban J connectivity index is 2.30. The topological polar surface area (TPSA) is 24.9 Å². The van der Waals surface area contributed by atoms with Crippen molar-refractivity contribution in [3.63, 3.8) is 0 Å². The molecule has 0 radical (unpaired) electrons. The summed E-state index contributed by atoms with van der Waals surface area (Å²) in [4.78, 5) is 4.02. The van der Waals surface area contributed by atoms with Crippen molar-refractivity contribution in [1.29, 1.82) is 0 Å². The number of rotatable bonds is 6. The standard InChI is InChI=1S/C14H20N2/c1-3-4-5-6-14(15-2)8-7-13-9-11-16-12-10-13/h9-12,14-15H,5-8H2,1-2H3. The molecule has 2 heteroatoms. The van der Waals surface area contributed by atoms with Crippen LogP contribution in [0.2, 0.25) is 0 Å². The molecule has 0 bridgehead atoms. The maximum absolute atomic E-state index is 4.02. The molecule has 0 amide bonds. The predicted octanol–water partition coefficient (Wildman–Crippen LogP) is 2.41. The van der Waals surface area contributed by atoms with Gasteiger partial charge in [-0.1, -0.05) is 0 Å². The van der Waals surface area contributed by atoms with Gasteiger partial charge in [-0.25, -0.2) is 0 Å². The number of pyridine rings is 1. The fourth-order valence-electron chi connectivity index (χ4n) is 1.69. The van der Waals surface area contributed by atoms with E-state index in [-0.39, 0.29) is 0 Å². The van der Waals surface area contributed by atoms with E-state index in [4.69, 9.17) is 0 Å². The minimum absolute atomic E-state index is 0.564. The number of aromatic nitrogens is 1. The molecular formula is C14H20N2. The molecule has 0 saturated heterocycles. The van der Waals surface area contributed by atoms with Gasteiger partial charge in [0.1, 0.15) is 0 Å². The van der Waals surface area contributed by atoms with E-state index < -0.39 is 0 Å². The minimum atomic E-state index is 0.564. The zero-order valence-corrected chi connectivity index (χ0v) is 10.2. The van der Waals surface area contributed by atoms with Crippen LogP contribution in [0.4, 0.5) is 0 Å². The third-order valence-corrected chi connectivity index (χ3v) is 2.73. The first-order chi connectivity index (χ1) is 7.86. The molecule has 2 nitrogen and oxygen atoms in total. The van der Waals surface area contributed by atoms with Crippen LogP contribution in [0.15, 0.2) is 24.5 Å². The summed E-state index contributed by atoms with van der Waals surface area (Å²) in [6, 6.07) is 4.73. The first-order valence-electron chi connectivity index (χ1n) is 5.82. The summed E-state index contributed by atoms with van der Waals surface area (Å²) in [6.45, 7) is 1.89. The summed E-state index contributed by atoms with van der Waals surface area (Å²) in [5.74, 6) is 6.05. The van der Waals surface area contributed by atoms with Crippen LogP contribution < -0.4 is 5.32 Å². The Morgan fingerprint density at radius 3 is 2.69 bits per heavy atom. The number of hydrogen-bond acceptors (Lipinski definition) is 2. The third-order valence-electron chi connectivity index (χ3n) is 2.73. The molecule has 1 rings (SSSR count). The average Bonchev–Trinajstić information content (AvgIpc) is 2.35. The highest BCUT2D eigenvalue weighted by Gasteiger charge is 2.04. The quantitative estimate of drug-likeness (QED) is 0.739. The van der Waals surface area contributed by atoms with E-state index in [1.807, 2.05) is 26.4 Å². The van der Waals surface area contributed by atoms with Gasteiger partial charge in [0, 0.05) is 24.9 Å². The molecule has 1 heterocycles. The monoisotopic (exact) mass is 216 g/mol. The largest absolute Gasteiger partial charge is 0.317 e. The number of hydrogen-bond donors (Lipinski definition) is 1. The molecule has 1 atom stereocenters. The smallest absolute Gasteiger partial charge is 0.0270 e. The maximum Gasteiger partial charge on any atom is 0.0270 e. The van der Waals surface area contributed by atoms with E-state index in [2.05, 4.69) is 34.3 Å². The van der Waals surface area contributed by atoms with Crippen molar-refractivity contribution in [1.82, 2.24) is 10.3 Å². The van der Waals surface area contributed by atoms with Crippen LogP contribution in [-0.4, -0.2) is 18.1 Å². The van der Waals surface area contributed by atoms with E-state index in [9.17, 15) is 0 Å². The van der Waals surface area contributed by atoms with E-state index in [0.717, 1.165) is 25.7 Å². The lowest BCUT2D eigenvalue weighted by Gasteiger charge is -2.14. The van der Waals surface area contributed by atoms with E-state index >= 15 is 0 Å². The minimum Gasteiger partial charge on any atom is -0.317 e. The molecule has 1 N–H and O–H groups in total. The van der Waals surface area contributed by atoms with Crippen molar-refractivity contribution in [2.45, 2.75) is 38.6 Å². The van der Waals surface area contributed by atoms with Gasteiger partial charge >= 0.3 is 0 Å². The summed E-state index contributed by atoms with van der Waals surface area (Å²) in [5.41, 5.74) is 1.36. The fraction of sp³-hybridized carbons (Fsp3) is 0.500. The maximum atomic E-state index is 4.02. The van der Waals surface area contributed by atoms with Gasteiger partial charge in [0.25, 0.3) is 0 Å². The Hall–Kier alpha value is -1.33. The van der Waals surface area contributed by atoms with Crippen LogP contribution >= 0.6 is 0 Å². The fourth-order valence-corrected chi connectivity index (χ4v) is 1.69. The van der Waals surface area contributed by atoms with E-state index in [1.54, 1.807) is 0 Å². The second-order valence-electron chi connectivity index (χ2n) is 3.85. The molecule has 0 aliphatic carbocycles. The highest BCUT2D eigenvalue weighted by molar-refractivity contribution is 5.09. The predicted molar refractivity (Wildman–Crippen MR) is 68.1 cm³/mol. The highest BCUT2D eigenvalue weighted by atomic mass is 14.9. The molecule has 0 saturated carbocycles. The zero-order chi connectivity index (χ0) is 11.6. The van der Waals surface area contributed by atoms with E-state index in [0.29, 0.717) is 6.04 Å². The van der Waals surface area contributed by atoms with Crippen LogP contribution in [0.5, 0.6) is 0 Å². The molecule has 0 fully saturated rings. The summed E-state index contributed by atoms with van der Waals surface area (Å²) in [6.07, 6.45) is 8.08. The molecule has 16 heavy (non-hydrogen) atoms. The van der Waals surface area contributed by atoms with Crippen molar-refractivity contribution in [3.8, 4) is 11.8 Å². The van der Waals surface area contributed by atoms with Gasteiger partial charge in [-0.3, -0.25) is 4.98 Å². The Kier molecular flexibility index (Phi) is 6.29. The Labute approximate surface area is 98.5 Å². The van der Waals surface area contributed by atoms with Gasteiger partial charge in [0.15, 0.2) is 0 Å². The van der Waals surface area contributed by atoms with Crippen molar-refractivity contribution in [2.24, 2.45) is 0 Å². The molecule has 86 valence electrons. The Morgan fingerprint density at radius 2 is 2.06 bits per heavy atom. The van der Waals surface area contributed by atoms with Gasteiger partial charge in [0.05, 0.1) is 0 Å². The molecule has 0 aliphatic heterocycles. The molecular weight excluding hydrogens is 196 g/mol. The zero-order valence-electron chi connectivity index (χ0n) is 10.2. The van der Waals surface area contributed by atoms with Crippen LogP contribution in [-0.2, 0) is 6.42 Å². The number of nitrogens with zero attached hydrogens (tertiary/aromatic N) is 1. The third kappa shape index (κ3) is 4.95. The normalized spacial score (nSPS) is 11.6. The van der Waals surface area contributed by atoms with Crippen molar-refractivity contribution >= 4 is 0 Å². The molecule has 0 aliphatic rings. The number of nitrogens with one attached hydrogen (secondary N) is 1. The van der Waals surface area contributed by atoms with Gasteiger partial charge in [-0.2, -0.15) is 0 Å². The first kappa shape index (κ1) is 12.7. The van der Waals surface area contributed by atoms with Crippen molar-refractivity contribution < 1.29 is 0 Å². The number of aryl methyl sites for hydroxylation is 1. The molecule has 0 spiro atoms. The second kappa shape index (κ2) is 7.90. The van der Waals surface area contributed by atoms with Crippen LogP contribution in [0.3, 0.4) is 0 Å². The molecule has 1 aromatic rings. The summed E-state index contributed by atoms with van der Waals surface area (Å²) in [5, 5.41) is 3.35. The van der Waals surface area contributed by atoms with Crippen LogP contribution in [0.1, 0.15) is 31.7 Å². The van der Waals surface area contributed by atoms with Gasteiger partial charge in [-0.15, -0.1) is 11.8 Å². The van der Waals surface area contributed by atoms with Crippen molar-refractivity contribution in [3.05, 3.63) is 30.1 Å². The highest BCUT2D eigenvalue weighted by Crippen LogP contribution is 2.07. The lowest BCUT2D eigenvalue weighted by molar-refractivity contribution is 0.495. The first-order valence-corrected chi connectivity index (χ1v) is 5.82. The van der Waals surface area contributed by atoms with Gasteiger partial charge < -0.3 is 5.32 Å². The summed E-state index contributed by atoms with van der Waals surface area (Å²) in [7, 11) is 2.02. The summed E-state index contributed by atoms with van der Waals surface area (Å²) >= 11 is 0. The lowest BCUT2D eigenvalue weighted by Crippen LogP contribution is -2.25. The molecule has 1 unspecified atom stereocenters. The van der Waals surface area contributed by atoms with Gasteiger partial charge in [0.2, 0.25) is 0 Å². The molecule has 0 aromatic carbocycles. The van der Waals surface area contributed by atoms with E-state index in [1.165, 1.54) is 5.56 Å². The Bertz CT molecular complexity index is 335. The van der Waals surface area contributed by atoms with Crippen LogP contribution in [0, 0.1) is 11.8 Å². The van der Waals surface area contributed by atoms with Crippen LogP contribution in [0.25, 0.3) is 0 Å².